The van der Waals surface area contributed by atoms with Crippen molar-refractivity contribution in [2.75, 3.05) is 27.6 Å². The van der Waals surface area contributed by atoms with Gasteiger partial charge >= 0.3 is 0 Å². The van der Waals surface area contributed by atoms with Crippen LogP contribution < -0.4 is 14.3 Å². The van der Waals surface area contributed by atoms with E-state index in [1.165, 1.54) is 55.6 Å². The molecule has 1 amide bonds. The molecule has 8 nitrogen and oxygen atoms in total. The van der Waals surface area contributed by atoms with Gasteiger partial charge in [0.2, 0.25) is 10.0 Å². The minimum Gasteiger partial charge on any atom is -0.322 e. The number of amides is 1. The molecule has 0 aliphatic heterocycles. The largest absolute Gasteiger partial charge is 0.322 e. The zero-order valence-corrected chi connectivity index (χ0v) is 18.7. The van der Waals surface area contributed by atoms with Crippen molar-refractivity contribution in [1.29, 1.82) is 0 Å². The lowest BCUT2D eigenvalue weighted by atomic mass is 10.1. The smallest absolute Gasteiger partial charge is 0.261 e. The predicted octanol–water partition coefficient (Wildman–Crippen LogP) is 3.27. The molecule has 0 aromatic heterocycles. The number of nitrogens with one attached hydrogen (secondary N) is 2. The van der Waals surface area contributed by atoms with Crippen LogP contribution in [0.3, 0.4) is 0 Å². The summed E-state index contributed by atoms with van der Waals surface area (Å²) in [6.07, 6.45) is 1.03. The molecule has 3 rings (SSSR count). The fraction of sp³-hybridized carbons (Fsp3) is 0.0952. The summed E-state index contributed by atoms with van der Waals surface area (Å²) >= 11 is 0. The topological polar surface area (TPSA) is 113 Å². The van der Waals surface area contributed by atoms with Crippen LogP contribution in [0.15, 0.2) is 77.7 Å². The van der Waals surface area contributed by atoms with Gasteiger partial charge in [0.05, 0.1) is 22.4 Å². The van der Waals surface area contributed by atoms with Gasteiger partial charge in [-0.3, -0.25) is 13.8 Å². The first-order chi connectivity index (χ1) is 15.0. The minimum atomic E-state index is -3.92. The summed E-state index contributed by atoms with van der Waals surface area (Å²) in [5, 5.41) is 2.62. The highest BCUT2D eigenvalue weighted by Gasteiger charge is 2.20. The molecule has 32 heavy (non-hydrogen) atoms. The van der Waals surface area contributed by atoms with Crippen LogP contribution in [-0.2, 0) is 20.0 Å². The van der Waals surface area contributed by atoms with Crippen molar-refractivity contribution < 1.29 is 26.0 Å². The highest BCUT2D eigenvalue weighted by atomic mass is 32.2. The van der Waals surface area contributed by atoms with Crippen LogP contribution in [0.25, 0.3) is 0 Å². The molecule has 0 unspecified atom stereocenters. The number of sulfonamides is 2. The molecular formula is C21H20FN3O5S2. The summed E-state index contributed by atoms with van der Waals surface area (Å²) in [5.41, 5.74) is 0.855. The number of benzene rings is 3. The SMILES string of the molecule is CN(c1ccccc1C(=O)Nc1ccc(S(=O)(=O)Nc2ccc(F)cc2)cc1)S(C)(=O)=O. The van der Waals surface area contributed by atoms with E-state index in [9.17, 15) is 26.0 Å². The van der Waals surface area contributed by atoms with Crippen LogP contribution in [0, 0.1) is 5.82 Å². The first-order valence-electron chi connectivity index (χ1n) is 9.20. The molecule has 3 aromatic rings. The van der Waals surface area contributed by atoms with Crippen molar-refractivity contribution in [2.45, 2.75) is 4.90 Å². The van der Waals surface area contributed by atoms with Gasteiger partial charge in [0.1, 0.15) is 5.82 Å². The van der Waals surface area contributed by atoms with Gasteiger partial charge in [0.15, 0.2) is 0 Å². The maximum Gasteiger partial charge on any atom is 0.261 e. The van der Waals surface area contributed by atoms with E-state index in [1.54, 1.807) is 12.1 Å². The summed E-state index contributed by atoms with van der Waals surface area (Å²) in [5.74, 6) is -1.05. The maximum atomic E-state index is 13.0. The molecule has 11 heteroatoms. The van der Waals surface area contributed by atoms with Crippen LogP contribution in [0.4, 0.5) is 21.5 Å². The number of anilines is 3. The Morgan fingerprint density at radius 1 is 0.844 bits per heavy atom. The van der Waals surface area contributed by atoms with Crippen molar-refractivity contribution in [3.05, 3.63) is 84.2 Å². The van der Waals surface area contributed by atoms with E-state index in [-0.39, 0.29) is 21.8 Å². The second-order valence-corrected chi connectivity index (χ2v) is 10.5. The number of carbonyl (C=O) groups is 1. The average Bonchev–Trinajstić information content (AvgIpc) is 2.74. The Bertz CT molecular complexity index is 1340. The predicted molar refractivity (Wildman–Crippen MR) is 121 cm³/mol. The van der Waals surface area contributed by atoms with Crippen molar-refractivity contribution in [3.63, 3.8) is 0 Å². The second kappa shape index (κ2) is 8.97. The summed E-state index contributed by atoms with van der Waals surface area (Å²) in [6.45, 7) is 0. The van der Waals surface area contributed by atoms with E-state index < -0.39 is 31.8 Å². The highest BCUT2D eigenvalue weighted by molar-refractivity contribution is 7.92. The van der Waals surface area contributed by atoms with Crippen LogP contribution >= 0.6 is 0 Å². The zero-order valence-electron chi connectivity index (χ0n) is 17.1. The third-order valence-electron chi connectivity index (χ3n) is 4.50. The lowest BCUT2D eigenvalue weighted by molar-refractivity contribution is 0.102. The van der Waals surface area contributed by atoms with E-state index >= 15 is 0 Å². The Morgan fingerprint density at radius 2 is 1.41 bits per heavy atom. The van der Waals surface area contributed by atoms with Gasteiger partial charge in [-0.2, -0.15) is 0 Å². The van der Waals surface area contributed by atoms with Crippen molar-refractivity contribution >= 4 is 43.0 Å². The highest BCUT2D eigenvalue weighted by Crippen LogP contribution is 2.23. The molecular weight excluding hydrogens is 457 g/mol. The Morgan fingerprint density at radius 3 is 2.00 bits per heavy atom. The summed E-state index contributed by atoms with van der Waals surface area (Å²) in [6, 6.07) is 16.5. The van der Waals surface area contributed by atoms with Crippen LogP contribution in [0.5, 0.6) is 0 Å². The maximum absolute atomic E-state index is 13.0. The lowest BCUT2D eigenvalue weighted by Gasteiger charge is -2.19. The van der Waals surface area contributed by atoms with Crippen LogP contribution in [0.1, 0.15) is 10.4 Å². The average molecular weight is 478 g/mol. The molecule has 0 aliphatic carbocycles. The van der Waals surface area contributed by atoms with E-state index in [4.69, 9.17) is 0 Å². The number of rotatable bonds is 7. The standard InChI is InChI=1S/C21H20FN3O5S2/c1-25(31(2,27)28)20-6-4-3-5-19(20)21(26)23-16-11-13-18(14-12-16)32(29,30)24-17-9-7-15(22)8-10-17/h3-14,24H,1-2H3,(H,23,26). The molecule has 0 heterocycles. The number of halogens is 1. The molecule has 0 radical (unpaired) electrons. The van der Waals surface area contributed by atoms with Crippen molar-refractivity contribution in [2.24, 2.45) is 0 Å². The Balaban J connectivity index is 1.78. The summed E-state index contributed by atoms with van der Waals surface area (Å²) in [7, 11) is -6.15. The molecule has 2 N–H and O–H groups in total. The fourth-order valence-electron chi connectivity index (χ4n) is 2.77. The summed E-state index contributed by atoms with van der Waals surface area (Å²) in [4.78, 5) is 12.7. The fourth-order valence-corrected chi connectivity index (χ4v) is 4.34. The molecule has 0 spiro atoms. The number of hydrogen-bond acceptors (Lipinski definition) is 5. The Hall–Kier alpha value is -3.44. The number of hydrogen-bond donors (Lipinski definition) is 2. The molecule has 0 aliphatic rings. The van der Waals surface area contributed by atoms with Gasteiger partial charge in [-0.25, -0.2) is 21.2 Å². The number of nitrogens with zero attached hydrogens (tertiary/aromatic N) is 1. The Kier molecular flexibility index (Phi) is 6.51. The second-order valence-electron chi connectivity index (χ2n) is 6.84. The van der Waals surface area contributed by atoms with Crippen molar-refractivity contribution in [1.82, 2.24) is 0 Å². The first-order valence-corrected chi connectivity index (χ1v) is 12.5. The molecule has 0 fully saturated rings. The minimum absolute atomic E-state index is 0.0583. The van der Waals surface area contributed by atoms with Gasteiger partial charge in [0, 0.05) is 18.4 Å². The number of carbonyl (C=O) groups excluding carboxylic acids is 1. The monoisotopic (exact) mass is 477 g/mol. The van der Waals surface area contributed by atoms with Gasteiger partial charge in [0.25, 0.3) is 15.9 Å². The molecule has 168 valence electrons. The van der Waals surface area contributed by atoms with E-state index in [1.807, 2.05) is 0 Å². The van der Waals surface area contributed by atoms with Gasteiger partial charge in [-0.1, -0.05) is 12.1 Å². The molecule has 0 atom stereocenters. The van der Waals surface area contributed by atoms with E-state index in [0.29, 0.717) is 5.69 Å². The molecule has 0 saturated heterocycles. The summed E-state index contributed by atoms with van der Waals surface area (Å²) < 4.78 is 65.0. The van der Waals surface area contributed by atoms with Gasteiger partial charge in [-0.05, 0) is 60.7 Å². The quantitative estimate of drug-likeness (QED) is 0.542. The van der Waals surface area contributed by atoms with E-state index in [2.05, 4.69) is 10.0 Å². The lowest BCUT2D eigenvalue weighted by Crippen LogP contribution is -2.27. The normalized spacial score (nSPS) is 11.6. The first kappa shape index (κ1) is 23.2. The number of para-hydroxylation sites is 1. The van der Waals surface area contributed by atoms with Crippen LogP contribution in [-0.4, -0.2) is 36.0 Å². The third-order valence-corrected chi connectivity index (χ3v) is 7.09. The van der Waals surface area contributed by atoms with Crippen molar-refractivity contribution in [3.8, 4) is 0 Å². The molecule has 0 saturated carbocycles. The molecule has 0 bridgehead atoms. The van der Waals surface area contributed by atoms with E-state index in [0.717, 1.165) is 22.7 Å². The Labute approximate surface area is 185 Å². The van der Waals surface area contributed by atoms with Gasteiger partial charge < -0.3 is 5.32 Å². The van der Waals surface area contributed by atoms with Gasteiger partial charge in [-0.15, -0.1) is 0 Å². The third kappa shape index (κ3) is 5.42. The molecule has 3 aromatic carbocycles. The zero-order chi connectivity index (χ0) is 23.5. The van der Waals surface area contributed by atoms with Crippen LogP contribution in [0.2, 0.25) is 0 Å².